The molecule has 0 unspecified atom stereocenters. The molecule has 0 aliphatic rings. The van der Waals surface area contributed by atoms with E-state index in [0.29, 0.717) is 5.69 Å². The molecule has 0 spiro atoms. The Hall–Kier alpha value is -2.99. The highest BCUT2D eigenvalue weighted by Crippen LogP contribution is 2.29. The molecule has 0 saturated carbocycles. The lowest BCUT2D eigenvalue weighted by Gasteiger charge is -2.17. The molecule has 8 nitrogen and oxygen atoms in total. The summed E-state index contributed by atoms with van der Waals surface area (Å²) < 4.78 is 71.8. The quantitative estimate of drug-likeness (QED) is 0.595. The highest BCUT2D eigenvalue weighted by atomic mass is 32.2. The summed E-state index contributed by atoms with van der Waals surface area (Å²) in [5.41, 5.74) is 0.636. The maximum atomic E-state index is 12.5. The van der Waals surface area contributed by atoms with E-state index >= 15 is 0 Å². The van der Waals surface area contributed by atoms with Crippen LogP contribution in [0.3, 0.4) is 0 Å². The predicted octanol–water partition coefficient (Wildman–Crippen LogP) is 3.28. The molecule has 1 amide bonds. The van der Waals surface area contributed by atoms with Crippen LogP contribution in [0, 0.1) is 0 Å². The molecular formula is C19H22F3N3O5S. The number of nitrogens with one attached hydrogen (secondary N) is 2. The molecule has 2 aromatic carbocycles. The molecule has 0 aliphatic heterocycles. The van der Waals surface area contributed by atoms with Crippen LogP contribution in [0.1, 0.15) is 6.92 Å². The minimum absolute atomic E-state index is 0.0509. The van der Waals surface area contributed by atoms with Crippen LogP contribution in [0.25, 0.3) is 0 Å². The fourth-order valence-corrected chi connectivity index (χ4v) is 3.47. The molecule has 0 heterocycles. The molecule has 2 aromatic rings. The van der Waals surface area contributed by atoms with Crippen molar-refractivity contribution in [1.82, 2.24) is 4.31 Å². The van der Waals surface area contributed by atoms with Gasteiger partial charge in [0.2, 0.25) is 15.9 Å². The van der Waals surface area contributed by atoms with Crippen molar-refractivity contribution in [2.45, 2.75) is 18.2 Å². The van der Waals surface area contributed by atoms with Gasteiger partial charge in [0, 0.05) is 25.5 Å². The van der Waals surface area contributed by atoms with Crippen LogP contribution in [0.4, 0.5) is 24.5 Å². The third-order valence-corrected chi connectivity index (χ3v) is 5.66. The molecule has 0 bridgehead atoms. The van der Waals surface area contributed by atoms with Crippen LogP contribution in [-0.4, -0.2) is 52.2 Å². The van der Waals surface area contributed by atoms with E-state index in [0.717, 1.165) is 16.4 Å². The molecule has 12 heteroatoms. The second-order valence-electron chi connectivity index (χ2n) is 6.36. The van der Waals surface area contributed by atoms with Crippen LogP contribution in [0.15, 0.2) is 47.4 Å². The van der Waals surface area contributed by atoms with Gasteiger partial charge >= 0.3 is 6.36 Å². The van der Waals surface area contributed by atoms with E-state index in [9.17, 15) is 26.4 Å². The van der Waals surface area contributed by atoms with E-state index in [1.165, 1.54) is 38.4 Å². The lowest BCUT2D eigenvalue weighted by atomic mass is 10.3. The van der Waals surface area contributed by atoms with Gasteiger partial charge in [-0.25, -0.2) is 12.7 Å². The van der Waals surface area contributed by atoms with Crippen molar-refractivity contribution in [3.8, 4) is 11.5 Å². The molecule has 0 atom stereocenters. The smallest absolute Gasteiger partial charge is 0.492 e. The van der Waals surface area contributed by atoms with E-state index in [1.54, 1.807) is 13.0 Å². The molecule has 0 aromatic heterocycles. The molecule has 170 valence electrons. The number of carbonyl (C=O) groups excluding carboxylic acids is 1. The Morgan fingerprint density at radius 3 is 2.23 bits per heavy atom. The van der Waals surface area contributed by atoms with Gasteiger partial charge in [-0.05, 0) is 49.4 Å². The van der Waals surface area contributed by atoms with Gasteiger partial charge in [0.1, 0.15) is 16.4 Å². The number of ether oxygens (including phenoxy) is 2. The molecule has 2 rings (SSSR count). The first-order valence-corrected chi connectivity index (χ1v) is 10.5. The average Bonchev–Trinajstić information content (AvgIpc) is 2.67. The summed E-state index contributed by atoms with van der Waals surface area (Å²) in [5, 5.41) is 5.31. The number of anilines is 2. The fourth-order valence-electron chi connectivity index (χ4n) is 2.42. The normalized spacial score (nSPS) is 11.8. The molecule has 0 aliphatic carbocycles. The maximum Gasteiger partial charge on any atom is 0.573 e. The highest BCUT2D eigenvalue weighted by molar-refractivity contribution is 7.89. The van der Waals surface area contributed by atoms with E-state index in [2.05, 4.69) is 15.4 Å². The number of hydrogen-bond acceptors (Lipinski definition) is 6. The molecule has 31 heavy (non-hydrogen) atoms. The lowest BCUT2D eigenvalue weighted by molar-refractivity contribution is -0.274. The number of rotatable bonds is 9. The molecule has 0 saturated heterocycles. The third kappa shape index (κ3) is 7.03. The summed E-state index contributed by atoms with van der Waals surface area (Å²) in [6.45, 7) is 1.79. The number of amides is 1. The Morgan fingerprint density at radius 2 is 1.68 bits per heavy atom. The standard InChI is InChI=1S/C19H22F3N3O5S/c1-4-29-16-10-7-14(11-17(16)31(27,28)25(2)3)23-12-18(26)24-13-5-8-15(9-6-13)30-19(20,21)22/h5-11,23H,4,12H2,1-3H3,(H,24,26). The minimum atomic E-state index is -4.80. The summed E-state index contributed by atoms with van der Waals surface area (Å²) >= 11 is 0. The number of alkyl halides is 3. The summed E-state index contributed by atoms with van der Waals surface area (Å²) in [6.07, 6.45) is -4.80. The van der Waals surface area contributed by atoms with Gasteiger partial charge in [0.05, 0.1) is 13.2 Å². The summed E-state index contributed by atoms with van der Waals surface area (Å²) in [7, 11) is -0.996. The van der Waals surface area contributed by atoms with E-state index in [4.69, 9.17) is 4.74 Å². The number of hydrogen-bond donors (Lipinski definition) is 2. The Morgan fingerprint density at radius 1 is 1.06 bits per heavy atom. The average molecular weight is 461 g/mol. The van der Waals surface area contributed by atoms with E-state index < -0.39 is 28.0 Å². The Kier molecular flexibility index (Phi) is 7.74. The van der Waals surface area contributed by atoms with Gasteiger partial charge in [0.25, 0.3) is 0 Å². The van der Waals surface area contributed by atoms with Crippen molar-refractivity contribution in [1.29, 1.82) is 0 Å². The van der Waals surface area contributed by atoms with Gasteiger partial charge in [0.15, 0.2) is 0 Å². The van der Waals surface area contributed by atoms with Crippen molar-refractivity contribution < 1.29 is 35.9 Å². The van der Waals surface area contributed by atoms with Gasteiger partial charge in [-0.2, -0.15) is 0 Å². The number of benzene rings is 2. The lowest BCUT2D eigenvalue weighted by Crippen LogP contribution is -2.24. The van der Waals surface area contributed by atoms with Gasteiger partial charge < -0.3 is 20.1 Å². The van der Waals surface area contributed by atoms with Crippen molar-refractivity contribution >= 4 is 27.3 Å². The van der Waals surface area contributed by atoms with Crippen molar-refractivity contribution in [2.24, 2.45) is 0 Å². The zero-order valence-corrected chi connectivity index (χ0v) is 17.8. The number of halogens is 3. The zero-order chi connectivity index (χ0) is 23.2. The topological polar surface area (TPSA) is 97.0 Å². The predicted molar refractivity (Wildman–Crippen MR) is 109 cm³/mol. The van der Waals surface area contributed by atoms with Crippen LogP contribution in [-0.2, 0) is 14.8 Å². The summed E-state index contributed by atoms with van der Waals surface area (Å²) in [5.74, 6) is -0.713. The third-order valence-electron chi connectivity index (χ3n) is 3.83. The largest absolute Gasteiger partial charge is 0.573 e. The second kappa shape index (κ2) is 9.88. The Labute approximate surface area is 178 Å². The molecular weight excluding hydrogens is 439 g/mol. The number of carbonyl (C=O) groups is 1. The zero-order valence-electron chi connectivity index (χ0n) is 17.0. The molecule has 0 radical (unpaired) electrons. The van der Waals surface area contributed by atoms with Crippen molar-refractivity contribution in [3.63, 3.8) is 0 Å². The SMILES string of the molecule is CCOc1ccc(NCC(=O)Nc2ccc(OC(F)(F)F)cc2)cc1S(=O)(=O)N(C)C. The van der Waals surface area contributed by atoms with E-state index in [1.807, 2.05) is 0 Å². The van der Waals surface area contributed by atoms with Crippen molar-refractivity contribution in [3.05, 3.63) is 42.5 Å². The molecule has 2 N–H and O–H groups in total. The van der Waals surface area contributed by atoms with Crippen LogP contribution < -0.4 is 20.1 Å². The second-order valence-corrected chi connectivity index (χ2v) is 8.48. The van der Waals surface area contributed by atoms with Crippen molar-refractivity contribution in [2.75, 3.05) is 37.9 Å². The van der Waals surface area contributed by atoms with Crippen LogP contribution >= 0.6 is 0 Å². The highest BCUT2D eigenvalue weighted by Gasteiger charge is 2.31. The Balaban J connectivity index is 2.05. The Bertz CT molecular complexity index is 1010. The maximum absolute atomic E-state index is 12.5. The number of nitrogens with zero attached hydrogens (tertiary/aromatic N) is 1. The summed E-state index contributed by atoms with van der Waals surface area (Å²) in [4.78, 5) is 12.1. The first-order valence-electron chi connectivity index (χ1n) is 9.01. The number of sulfonamides is 1. The van der Waals surface area contributed by atoms with Gasteiger partial charge in [-0.1, -0.05) is 0 Å². The molecule has 0 fully saturated rings. The van der Waals surface area contributed by atoms with Gasteiger partial charge in [-0.15, -0.1) is 13.2 Å². The van der Waals surface area contributed by atoms with E-state index in [-0.39, 0.29) is 29.5 Å². The van der Waals surface area contributed by atoms with Crippen LogP contribution in [0.2, 0.25) is 0 Å². The first kappa shape index (κ1) is 24.3. The monoisotopic (exact) mass is 461 g/mol. The first-order chi connectivity index (χ1) is 14.4. The van der Waals surface area contributed by atoms with Crippen LogP contribution in [0.5, 0.6) is 11.5 Å². The fraction of sp³-hybridized carbons (Fsp3) is 0.316. The van der Waals surface area contributed by atoms with Gasteiger partial charge in [-0.3, -0.25) is 4.79 Å². The minimum Gasteiger partial charge on any atom is -0.492 e. The summed E-state index contributed by atoms with van der Waals surface area (Å²) in [6, 6.07) is 9.07.